The molecule has 3 N–H and O–H groups in total. The Labute approximate surface area is 218 Å². The number of Topliss-reactive ketones (excluding diaryl/α,β-unsaturated/α-hetero) is 1. The topological polar surface area (TPSA) is 104 Å². The fourth-order valence-corrected chi connectivity index (χ4v) is 5.16. The van der Waals surface area contributed by atoms with Gasteiger partial charge in [-0.05, 0) is 71.8 Å². The van der Waals surface area contributed by atoms with E-state index in [4.69, 9.17) is 26.8 Å². The average Bonchev–Trinajstić information content (AvgIpc) is 3.65. The van der Waals surface area contributed by atoms with Crippen LogP contribution in [0.4, 0.5) is 0 Å². The summed E-state index contributed by atoms with van der Waals surface area (Å²) >= 11 is 6.09. The predicted molar refractivity (Wildman–Crippen MR) is 142 cm³/mol. The number of hydrogen-bond donors (Lipinski definition) is 2. The second kappa shape index (κ2) is 9.17. The molecule has 2 heterocycles. The summed E-state index contributed by atoms with van der Waals surface area (Å²) in [7, 11) is 0. The lowest BCUT2D eigenvalue weighted by Gasteiger charge is -2.36. The Hall–Kier alpha value is -3.39. The Morgan fingerprint density at radius 2 is 1.89 bits per heavy atom. The third kappa shape index (κ3) is 4.70. The number of rotatable bonds is 9. The fourth-order valence-electron chi connectivity index (χ4n) is 4.98. The third-order valence-electron chi connectivity index (χ3n) is 7.34. The summed E-state index contributed by atoms with van der Waals surface area (Å²) < 4.78 is 13.1. The number of nitrogens with two attached hydrogens (primary N) is 1. The van der Waals surface area contributed by atoms with Crippen LogP contribution in [0.2, 0.25) is 5.02 Å². The van der Waals surface area contributed by atoms with Crippen LogP contribution in [-0.2, 0) is 11.3 Å². The van der Waals surface area contributed by atoms with Gasteiger partial charge in [-0.1, -0.05) is 29.8 Å². The molecule has 0 spiro atoms. The first kappa shape index (κ1) is 24.0. The van der Waals surface area contributed by atoms with Gasteiger partial charge in [0.15, 0.2) is 6.61 Å². The first-order valence-electron chi connectivity index (χ1n) is 12.4. The van der Waals surface area contributed by atoms with Crippen molar-refractivity contribution in [1.29, 1.82) is 0 Å². The molecular formula is C29H27ClN2O5. The van der Waals surface area contributed by atoms with E-state index in [0.717, 1.165) is 21.7 Å². The van der Waals surface area contributed by atoms with Crippen LogP contribution >= 0.6 is 11.6 Å². The number of aromatic nitrogens is 1. The Morgan fingerprint density at radius 1 is 1.08 bits per heavy atom. The van der Waals surface area contributed by atoms with Crippen LogP contribution in [0, 0.1) is 0 Å². The van der Waals surface area contributed by atoms with Gasteiger partial charge in [0.05, 0.1) is 18.8 Å². The molecule has 7 nitrogen and oxygen atoms in total. The number of nitrogens with zero attached hydrogens (tertiary/aromatic N) is 1. The molecular weight excluding hydrogens is 492 g/mol. The number of carbonyl (C=O) groups is 2. The minimum Gasteiger partial charge on any atom is -0.485 e. The van der Waals surface area contributed by atoms with Gasteiger partial charge in [-0.25, -0.2) is 0 Å². The lowest BCUT2D eigenvalue weighted by atomic mass is 9.98. The summed E-state index contributed by atoms with van der Waals surface area (Å²) in [5.74, 6) is -0.0243. The molecule has 37 heavy (non-hydrogen) atoms. The lowest BCUT2D eigenvalue weighted by Crippen LogP contribution is -2.50. The first-order chi connectivity index (χ1) is 17.8. The van der Waals surface area contributed by atoms with Crippen LogP contribution in [0.1, 0.15) is 51.5 Å². The lowest BCUT2D eigenvalue weighted by molar-refractivity contribution is -0.182. The summed E-state index contributed by atoms with van der Waals surface area (Å²) in [6, 6.07) is 14.9. The van der Waals surface area contributed by atoms with E-state index in [1.807, 2.05) is 22.9 Å². The van der Waals surface area contributed by atoms with Gasteiger partial charge < -0.3 is 24.9 Å². The SMILES string of the molecule is NC(=O)c1cc2cc(Cl)ccc2cc1OCC(=O)c1cn(CCC2(O)COC2)c2cc(C3CC3)ccc12. The minimum absolute atomic E-state index is 0.190. The summed E-state index contributed by atoms with van der Waals surface area (Å²) in [5, 5.41) is 13.5. The van der Waals surface area contributed by atoms with Gasteiger partial charge in [-0.3, -0.25) is 9.59 Å². The highest BCUT2D eigenvalue weighted by Crippen LogP contribution is 2.41. The Morgan fingerprint density at radius 3 is 2.59 bits per heavy atom. The van der Waals surface area contributed by atoms with Gasteiger partial charge >= 0.3 is 0 Å². The standard InChI is InChI=1S/C29H27ClN2O5/c30-21-5-3-19-12-27(23(28(31)34)10-20(19)9-21)37-14-26(33)24-13-32(8-7-29(35)15-36-16-29)25-11-18(17-1-2-17)4-6-22(24)25/h3-6,9-13,17,35H,1-2,7-8,14-16H2,(H2,31,34). The number of amides is 1. The molecule has 8 heteroatoms. The summed E-state index contributed by atoms with van der Waals surface area (Å²) in [6.45, 7) is 0.983. The molecule has 1 aromatic heterocycles. The van der Waals surface area contributed by atoms with Crippen molar-refractivity contribution in [2.45, 2.75) is 37.3 Å². The van der Waals surface area contributed by atoms with Crippen LogP contribution in [0.5, 0.6) is 5.75 Å². The van der Waals surface area contributed by atoms with Crippen LogP contribution in [0.25, 0.3) is 21.7 Å². The van der Waals surface area contributed by atoms with Crippen molar-refractivity contribution in [2.75, 3.05) is 19.8 Å². The van der Waals surface area contributed by atoms with Gasteiger partial charge in [-0.2, -0.15) is 0 Å². The number of ketones is 1. The molecule has 0 bridgehead atoms. The van der Waals surface area contributed by atoms with E-state index in [1.165, 1.54) is 18.4 Å². The Kier molecular flexibility index (Phi) is 5.94. The number of hydrogen-bond acceptors (Lipinski definition) is 5. The van der Waals surface area contributed by atoms with Crippen LogP contribution in [-0.4, -0.2) is 46.8 Å². The highest BCUT2D eigenvalue weighted by molar-refractivity contribution is 6.31. The van der Waals surface area contributed by atoms with E-state index >= 15 is 0 Å². The highest BCUT2D eigenvalue weighted by Gasteiger charge is 2.35. The largest absolute Gasteiger partial charge is 0.485 e. The van der Waals surface area contributed by atoms with E-state index in [0.29, 0.717) is 42.7 Å². The zero-order valence-electron chi connectivity index (χ0n) is 20.2. The number of halogens is 1. The molecule has 2 fully saturated rings. The molecule has 190 valence electrons. The number of ether oxygens (including phenoxy) is 2. The van der Waals surface area contributed by atoms with Crippen molar-refractivity contribution in [3.63, 3.8) is 0 Å². The zero-order chi connectivity index (χ0) is 25.7. The molecule has 1 saturated heterocycles. The van der Waals surface area contributed by atoms with Gasteiger partial charge in [0, 0.05) is 34.2 Å². The molecule has 1 saturated carbocycles. The maximum Gasteiger partial charge on any atom is 0.252 e. The molecule has 4 aromatic rings. The molecule has 1 aliphatic carbocycles. The average molecular weight is 519 g/mol. The number of aliphatic hydroxyl groups is 1. The molecule has 0 unspecified atom stereocenters. The summed E-state index contributed by atoms with van der Waals surface area (Å²) in [4.78, 5) is 25.5. The molecule has 1 aliphatic heterocycles. The van der Waals surface area contributed by atoms with Gasteiger partial charge in [0.25, 0.3) is 5.91 Å². The summed E-state index contributed by atoms with van der Waals surface area (Å²) in [6.07, 6.45) is 4.75. The second-order valence-corrected chi connectivity index (χ2v) is 10.6. The van der Waals surface area contributed by atoms with Gasteiger partial charge in [0.1, 0.15) is 11.4 Å². The molecule has 6 rings (SSSR count). The number of carbonyl (C=O) groups excluding carboxylic acids is 2. The Bertz CT molecular complexity index is 1550. The number of primary amides is 1. The maximum atomic E-state index is 13.4. The number of benzene rings is 3. The number of aryl methyl sites for hydroxylation is 1. The Balaban J connectivity index is 1.29. The van der Waals surface area contributed by atoms with E-state index in [-0.39, 0.29) is 23.7 Å². The van der Waals surface area contributed by atoms with Crippen molar-refractivity contribution in [3.8, 4) is 5.75 Å². The van der Waals surface area contributed by atoms with Crippen LogP contribution in [0.3, 0.4) is 0 Å². The van der Waals surface area contributed by atoms with E-state index < -0.39 is 11.5 Å². The third-order valence-corrected chi connectivity index (χ3v) is 7.58. The van der Waals surface area contributed by atoms with Crippen molar-refractivity contribution in [1.82, 2.24) is 4.57 Å². The summed E-state index contributed by atoms with van der Waals surface area (Å²) in [5.41, 5.74) is 7.76. The fraction of sp³-hybridized carbons (Fsp3) is 0.310. The van der Waals surface area contributed by atoms with E-state index in [1.54, 1.807) is 24.3 Å². The van der Waals surface area contributed by atoms with E-state index in [2.05, 4.69) is 12.1 Å². The number of fused-ring (bicyclic) bond motifs is 2. The van der Waals surface area contributed by atoms with Gasteiger partial charge in [-0.15, -0.1) is 0 Å². The van der Waals surface area contributed by atoms with Crippen molar-refractivity contribution in [2.24, 2.45) is 5.73 Å². The highest BCUT2D eigenvalue weighted by atomic mass is 35.5. The minimum atomic E-state index is -0.816. The maximum absolute atomic E-state index is 13.4. The molecule has 3 aromatic carbocycles. The molecule has 0 radical (unpaired) electrons. The monoisotopic (exact) mass is 518 g/mol. The predicted octanol–water partition coefficient (Wildman–Crippen LogP) is 4.84. The van der Waals surface area contributed by atoms with E-state index in [9.17, 15) is 14.7 Å². The molecule has 2 aliphatic rings. The van der Waals surface area contributed by atoms with Crippen LogP contribution < -0.4 is 10.5 Å². The molecule has 1 amide bonds. The van der Waals surface area contributed by atoms with Crippen molar-refractivity contribution < 1.29 is 24.2 Å². The normalized spacial score (nSPS) is 16.6. The van der Waals surface area contributed by atoms with Gasteiger partial charge in [0.2, 0.25) is 5.78 Å². The molecule has 0 atom stereocenters. The smallest absolute Gasteiger partial charge is 0.252 e. The van der Waals surface area contributed by atoms with Crippen LogP contribution in [0.15, 0.2) is 54.7 Å². The second-order valence-electron chi connectivity index (χ2n) is 10.2. The quantitative estimate of drug-likeness (QED) is 0.309. The zero-order valence-corrected chi connectivity index (χ0v) is 21.0. The first-order valence-corrected chi connectivity index (χ1v) is 12.8. The van der Waals surface area contributed by atoms with Crippen molar-refractivity contribution >= 4 is 45.0 Å². The van der Waals surface area contributed by atoms with Crippen molar-refractivity contribution in [3.05, 3.63) is 76.4 Å².